The van der Waals surface area contributed by atoms with Crippen LogP contribution in [-0.4, -0.2) is 35.6 Å². The minimum atomic E-state index is -3.71. The summed E-state index contributed by atoms with van der Waals surface area (Å²) in [7, 11) is -3.71. The lowest BCUT2D eigenvalue weighted by Crippen LogP contribution is -2.36. The van der Waals surface area contributed by atoms with E-state index in [1.807, 2.05) is 0 Å². The van der Waals surface area contributed by atoms with E-state index >= 15 is 0 Å². The van der Waals surface area contributed by atoms with Crippen molar-refractivity contribution in [2.24, 2.45) is 0 Å². The van der Waals surface area contributed by atoms with Crippen LogP contribution >= 0.6 is 19.8 Å². The molecular formula is C7H14NO5PS. The van der Waals surface area contributed by atoms with Gasteiger partial charge in [-0.25, -0.2) is 4.79 Å². The zero-order valence-electron chi connectivity index (χ0n) is 8.50. The molecule has 2 N–H and O–H groups in total. The van der Waals surface area contributed by atoms with Gasteiger partial charge in [-0.2, -0.15) is 0 Å². The van der Waals surface area contributed by atoms with Crippen molar-refractivity contribution in [1.82, 2.24) is 5.32 Å². The monoisotopic (exact) mass is 255 g/mol. The quantitative estimate of drug-likeness (QED) is 0.498. The Morgan fingerprint density at radius 2 is 2.00 bits per heavy atom. The molecule has 0 aliphatic rings. The summed E-state index contributed by atoms with van der Waals surface area (Å²) in [6.07, 6.45) is 0. The molecule has 0 aromatic heterocycles. The van der Waals surface area contributed by atoms with Crippen LogP contribution in [0.3, 0.4) is 0 Å². The molecule has 15 heavy (non-hydrogen) atoms. The van der Waals surface area contributed by atoms with E-state index in [1.54, 1.807) is 13.8 Å². The zero-order chi connectivity index (χ0) is 11.9. The van der Waals surface area contributed by atoms with Gasteiger partial charge >= 0.3 is 13.6 Å². The number of carboxylic acid groups (broad SMARTS) is 1. The van der Waals surface area contributed by atoms with Gasteiger partial charge in [-0.3, -0.25) is 4.57 Å². The highest BCUT2D eigenvalue weighted by Crippen LogP contribution is 2.51. The van der Waals surface area contributed by atoms with E-state index in [0.717, 1.165) is 5.49 Å². The van der Waals surface area contributed by atoms with Gasteiger partial charge in [0.2, 0.25) is 5.78 Å². The Bertz CT molecular complexity index is 262. The highest BCUT2D eigenvalue weighted by atomic mass is 32.1. The van der Waals surface area contributed by atoms with Crippen LogP contribution in [-0.2, 0) is 18.4 Å². The van der Waals surface area contributed by atoms with Crippen molar-refractivity contribution < 1.29 is 23.5 Å². The van der Waals surface area contributed by atoms with E-state index < -0.39 is 19.3 Å². The highest BCUT2D eigenvalue weighted by Gasteiger charge is 2.40. The van der Waals surface area contributed by atoms with Gasteiger partial charge in [0.15, 0.2) is 0 Å². The third-order valence-electron chi connectivity index (χ3n) is 1.39. The van der Waals surface area contributed by atoms with Gasteiger partial charge in [-0.05, 0) is 13.8 Å². The van der Waals surface area contributed by atoms with Crippen molar-refractivity contribution in [2.75, 3.05) is 13.2 Å². The third-order valence-corrected chi connectivity index (χ3v) is 3.77. The predicted molar refractivity (Wildman–Crippen MR) is 59.1 cm³/mol. The summed E-state index contributed by atoms with van der Waals surface area (Å²) < 4.78 is 21.7. The first-order chi connectivity index (χ1) is 7.01. The molecule has 0 saturated heterocycles. The minimum Gasteiger partial charge on any atom is -0.479 e. The fraction of sp³-hybridized carbons (Fsp3) is 0.714. The second kappa shape index (κ2) is 6.90. The van der Waals surface area contributed by atoms with Crippen LogP contribution in [0.5, 0.6) is 0 Å². The van der Waals surface area contributed by atoms with E-state index in [4.69, 9.17) is 14.2 Å². The number of carbonyl (C=O) groups is 1. The van der Waals surface area contributed by atoms with Crippen molar-refractivity contribution in [3.63, 3.8) is 0 Å². The summed E-state index contributed by atoms with van der Waals surface area (Å²) in [5.41, 5.74) is 0.976. The molecule has 0 heterocycles. The fourth-order valence-corrected chi connectivity index (χ4v) is 2.77. The lowest BCUT2D eigenvalue weighted by atomic mass is 10.7. The van der Waals surface area contributed by atoms with E-state index in [2.05, 4.69) is 17.5 Å². The number of nitrogens with one attached hydrogen (secondary N) is 1. The number of rotatable bonds is 8. The number of aliphatic carboxylic acids is 1. The van der Waals surface area contributed by atoms with Crippen molar-refractivity contribution in [1.29, 1.82) is 0 Å². The van der Waals surface area contributed by atoms with Crippen LogP contribution in [0.4, 0.5) is 0 Å². The Hall–Kier alpha value is -0.490. The van der Waals surface area contributed by atoms with Gasteiger partial charge in [-0.1, -0.05) is 12.2 Å². The smallest absolute Gasteiger partial charge is 0.364 e. The topological polar surface area (TPSA) is 84.9 Å². The lowest BCUT2D eigenvalue weighted by Gasteiger charge is -2.22. The largest absolute Gasteiger partial charge is 0.479 e. The van der Waals surface area contributed by atoms with Gasteiger partial charge in [0.05, 0.1) is 18.7 Å². The molecule has 0 saturated carbocycles. The maximum atomic E-state index is 12.0. The maximum absolute atomic E-state index is 12.0. The minimum absolute atomic E-state index is 0.0974. The Morgan fingerprint density at radius 3 is 2.27 bits per heavy atom. The van der Waals surface area contributed by atoms with Gasteiger partial charge in [-0.15, -0.1) is 0 Å². The molecule has 0 aliphatic heterocycles. The van der Waals surface area contributed by atoms with Gasteiger partial charge < -0.3 is 19.5 Å². The summed E-state index contributed by atoms with van der Waals surface area (Å²) >= 11 is 4.45. The van der Waals surface area contributed by atoms with Crippen LogP contribution < -0.4 is 5.32 Å². The summed E-state index contributed by atoms with van der Waals surface area (Å²) in [5, 5.41) is 11.1. The molecule has 88 valence electrons. The molecule has 0 fully saturated rings. The average Bonchev–Trinajstić information content (AvgIpc) is 2.14. The van der Waals surface area contributed by atoms with Gasteiger partial charge in [0.25, 0.3) is 0 Å². The molecule has 0 aliphatic carbocycles. The lowest BCUT2D eigenvalue weighted by molar-refractivity contribution is -0.137. The first kappa shape index (κ1) is 14.5. The van der Waals surface area contributed by atoms with Crippen LogP contribution in [0.1, 0.15) is 13.8 Å². The molecule has 8 heteroatoms. The summed E-state index contributed by atoms with van der Waals surface area (Å²) in [4.78, 5) is 10.8. The van der Waals surface area contributed by atoms with Crippen molar-refractivity contribution in [3.05, 3.63) is 0 Å². The summed E-state index contributed by atoms with van der Waals surface area (Å²) in [5.74, 6) is -2.80. The van der Waals surface area contributed by atoms with Crippen molar-refractivity contribution >= 4 is 31.3 Å². The van der Waals surface area contributed by atoms with Crippen LogP contribution in [0, 0.1) is 0 Å². The molecule has 0 radical (unpaired) electrons. The molecule has 0 aromatic rings. The number of carboxylic acids is 1. The first-order valence-corrected chi connectivity index (χ1v) is 6.41. The third kappa shape index (κ3) is 4.25. The number of hydrogen-bond donors (Lipinski definition) is 2. The second-order valence-electron chi connectivity index (χ2n) is 2.40. The van der Waals surface area contributed by atoms with E-state index in [0.29, 0.717) is 0 Å². The SMILES string of the molecule is CCOP(=O)(OCC)C(NC=S)C(=O)O. The molecule has 0 bridgehead atoms. The Labute approximate surface area is 93.5 Å². The average molecular weight is 255 g/mol. The molecule has 0 spiro atoms. The molecule has 1 unspecified atom stereocenters. The summed E-state index contributed by atoms with van der Waals surface area (Å²) in [6, 6.07) is 0. The van der Waals surface area contributed by atoms with Crippen LogP contribution in [0.2, 0.25) is 0 Å². The first-order valence-electron chi connectivity index (χ1n) is 4.33. The number of thiocarbonyl (C=S) groups is 1. The van der Waals surface area contributed by atoms with Crippen LogP contribution in [0.15, 0.2) is 0 Å². The Morgan fingerprint density at radius 1 is 1.53 bits per heavy atom. The molecule has 0 rings (SSSR count). The number of hydrogen-bond acceptors (Lipinski definition) is 5. The standard InChI is InChI=1S/C7H14NO5PS/c1-3-12-14(11,13-4-2)6(7(9)10)8-5-15/h5-6H,3-4H2,1-2H3,(H,8,15)(H,9,10). The predicted octanol–water partition coefficient (Wildman–Crippen LogP) is 1.21. The molecule has 0 aromatic carbocycles. The van der Waals surface area contributed by atoms with E-state index in [1.165, 1.54) is 0 Å². The Kier molecular flexibility index (Phi) is 6.67. The normalized spacial score (nSPS) is 13.2. The molecule has 0 amide bonds. The summed E-state index contributed by atoms with van der Waals surface area (Å²) in [6.45, 7) is 3.39. The van der Waals surface area contributed by atoms with Crippen LogP contribution in [0.25, 0.3) is 0 Å². The zero-order valence-corrected chi connectivity index (χ0v) is 10.2. The van der Waals surface area contributed by atoms with Gasteiger partial charge in [0.1, 0.15) is 0 Å². The van der Waals surface area contributed by atoms with Crippen molar-refractivity contribution in [2.45, 2.75) is 19.6 Å². The van der Waals surface area contributed by atoms with E-state index in [-0.39, 0.29) is 13.2 Å². The maximum Gasteiger partial charge on any atom is 0.364 e. The van der Waals surface area contributed by atoms with Gasteiger partial charge in [0, 0.05) is 0 Å². The highest BCUT2D eigenvalue weighted by molar-refractivity contribution is 7.78. The fourth-order valence-electron chi connectivity index (χ4n) is 0.909. The van der Waals surface area contributed by atoms with Crippen molar-refractivity contribution in [3.8, 4) is 0 Å². The molecule has 1 atom stereocenters. The molecular weight excluding hydrogens is 241 g/mol. The molecule has 6 nitrogen and oxygen atoms in total. The second-order valence-corrected chi connectivity index (χ2v) is 4.75. The Balaban J connectivity index is 4.89. The van der Waals surface area contributed by atoms with E-state index in [9.17, 15) is 9.36 Å².